The molecule has 37 heavy (non-hydrogen) atoms. The number of carbonyl (C=O) groups is 2. The predicted molar refractivity (Wildman–Crippen MR) is 130 cm³/mol. The molecule has 1 atom stereocenters. The Morgan fingerprint density at radius 1 is 1.11 bits per heavy atom. The van der Waals surface area contributed by atoms with Crippen molar-refractivity contribution in [2.24, 2.45) is 5.92 Å². The monoisotopic (exact) mass is 561 g/mol. The fourth-order valence-electron chi connectivity index (χ4n) is 3.36. The highest BCUT2D eigenvalue weighted by Gasteiger charge is 2.28. The molecule has 1 fully saturated rings. The molecule has 1 aliphatic carbocycles. The lowest BCUT2D eigenvalue weighted by Gasteiger charge is -2.22. The topological polar surface area (TPSA) is 98.0 Å². The summed E-state index contributed by atoms with van der Waals surface area (Å²) >= 11 is 12.4. The fraction of sp³-hybridized carbons (Fsp3) is 0.480. The summed E-state index contributed by atoms with van der Waals surface area (Å²) < 4.78 is 47.4. The van der Waals surface area contributed by atoms with E-state index >= 15 is 0 Å². The van der Waals surface area contributed by atoms with Crippen LogP contribution in [0.3, 0.4) is 0 Å². The molecule has 2 aromatic rings. The summed E-state index contributed by atoms with van der Waals surface area (Å²) in [6, 6.07) is 4.12. The van der Waals surface area contributed by atoms with Crippen molar-refractivity contribution in [2.45, 2.75) is 64.8 Å². The molecular formula is C25H27Cl2F2NO7. The van der Waals surface area contributed by atoms with Crippen molar-refractivity contribution in [1.82, 2.24) is 0 Å². The first kappa shape index (κ1) is 28.7. The zero-order valence-corrected chi connectivity index (χ0v) is 22.0. The normalized spacial score (nSPS) is 14.3. The van der Waals surface area contributed by atoms with E-state index in [0.29, 0.717) is 28.4 Å². The van der Waals surface area contributed by atoms with Gasteiger partial charge >= 0.3 is 18.6 Å². The highest BCUT2D eigenvalue weighted by molar-refractivity contribution is 6.35. The minimum Gasteiger partial charge on any atom is -0.619 e. The van der Waals surface area contributed by atoms with E-state index in [2.05, 4.69) is 4.74 Å². The van der Waals surface area contributed by atoms with Gasteiger partial charge in [0.05, 0.1) is 6.61 Å². The fourth-order valence-corrected chi connectivity index (χ4v) is 3.96. The van der Waals surface area contributed by atoms with E-state index in [1.807, 2.05) is 0 Å². The van der Waals surface area contributed by atoms with Gasteiger partial charge in [-0.15, -0.1) is 0 Å². The largest absolute Gasteiger partial charge is 0.619 e. The van der Waals surface area contributed by atoms with E-state index in [1.165, 1.54) is 18.2 Å². The van der Waals surface area contributed by atoms with E-state index in [-0.39, 0.29) is 28.0 Å². The van der Waals surface area contributed by atoms with Gasteiger partial charge in [0, 0.05) is 12.0 Å². The highest BCUT2D eigenvalue weighted by Crippen LogP contribution is 2.37. The van der Waals surface area contributed by atoms with Gasteiger partial charge in [-0.1, -0.05) is 29.3 Å². The Labute approximate surface area is 222 Å². The van der Waals surface area contributed by atoms with Gasteiger partial charge in [-0.3, -0.25) is 9.59 Å². The minimum atomic E-state index is -3.07. The van der Waals surface area contributed by atoms with Crippen LogP contribution in [-0.2, 0) is 25.5 Å². The Hall–Kier alpha value is -2.85. The number of pyridine rings is 1. The number of hydrogen-bond acceptors (Lipinski definition) is 7. The molecule has 0 amide bonds. The maximum atomic E-state index is 12.9. The third-order valence-corrected chi connectivity index (χ3v) is 5.81. The van der Waals surface area contributed by atoms with Crippen molar-refractivity contribution >= 4 is 35.1 Å². The molecule has 0 N–H and O–H groups in total. The Balaban J connectivity index is 1.91. The van der Waals surface area contributed by atoms with Crippen LogP contribution in [0, 0.1) is 11.1 Å². The number of nitrogens with zero attached hydrogens (tertiary/aromatic N) is 1. The lowest BCUT2D eigenvalue weighted by Crippen LogP contribution is -2.27. The number of alkyl halides is 2. The summed E-state index contributed by atoms with van der Waals surface area (Å²) in [5.74, 6) is -1.49. The number of carbonyl (C=O) groups excluding carboxylic acids is 2. The lowest BCUT2D eigenvalue weighted by molar-refractivity contribution is -0.605. The van der Waals surface area contributed by atoms with Crippen LogP contribution >= 0.6 is 23.2 Å². The first-order chi connectivity index (χ1) is 17.3. The third-order valence-electron chi connectivity index (χ3n) is 5.16. The van der Waals surface area contributed by atoms with Crippen LogP contribution in [-0.4, -0.2) is 30.8 Å². The molecule has 0 unspecified atom stereocenters. The van der Waals surface area contributed by atoms with Gasteiger partial charge in [0.2, 0.25) is 0 Å². The molecule has 1 saturated carbocycles. The third kappa shape index (κ3) is 9.19. The van der Waals surface area contributed by atoms with Gasteiger partial charge in [-0.2, -0.15) is 13.5 Å². The standard InChI is InChI=1S/C25H27Cl2F2NO7/c1-25(2,3)37-23(32)10-22(31)35-20(9-16-17(26)11-30(33)12-18(16)27)15-6-7-19(36-24(28)29)21(8-15)34-13-14-4-5-14/h6-8,11-12,14,20,24H,4-5,9-10,13H2,1-3H3/t20-/m0/s1. The van der Waals surface area contributed by atoms with Crippen LogP contribution in [0.1, 0.15) is 57.3 Å². The number of ether oxygens (including phenoxy) is 4. The minimum absolute atomic E-state index is 0.0264. The zero-order valence-electron chi connectivity index (χ0n) is 20.5. The van der Waals surface area contributed by atoms with Gasteiger partial charge < -0.3 is 24.2 Å². The van der Waals surface area contributed by atoms with Crippen molar-refractivity contribution in [1.29, 1.82) is 0 Å². The summed E-state index contributed by atoms with van der Waals surface area (Å²) in [7, 11) is 0. The van der Waals surface area contributed by atoms with Crippen molar-refractivity contribution in [3.8, 4) is 11.5 Å². The molecule has 0 spiro atoms. The van der Waals surface area contributed by atoms with E-state index in [0.717, 1.165) is 25.2 Å². The molecule has 202 valence electrons. The first-order valence-electron chi connectivity index (χ1n) is 11.5. The molecule has 8 nitrogen and oxygen atoms in total. The van der Waals surface area contributed by atoms with Crippen LogP contribution in [0.15, 0.2) is 30.6 Å². The molecule has 1 aromatic carbocycles. The molecule has 0 bridgehead atoms. The van der Waals surface area contributed by atoms with E-state index in [1.54, 1.807) is 20.8 Å². The van der Waals surface area contributed by atoms with Crippen LogP contribution in [0.25, 0.3) is 0 Å². The molecular weight excluding hydrogens is 535 g/mol. The van der Waals surface area contributed by atoms with Gasteiger partial charge in [-0.05, 0) is 57.2 Å². The average molecular weight is 562 g/mol. The van der Waals surface area contributed by atoms with E-state index < -0.39 is 36.7 Å². The van der Waals surface area contributed by atoms with Crippen LogP contribution in [0.2, 0.25) is 10.0 Å². The lowest BCUT2D eigenvalue weighted by atomic mass is 10.0. The number of halogens is 4. The van der Waals surface area contributed by atoms with E-state index in [9.17, 15) is 23.6 Å². The quantitative estimate of drug-likeness (QED) is 0.153. The Morgan fingerprint density at radius 3 is 2.32 bits per heavy atom. The number of esters is 2. The maximum absolute atomic E-state index is 12.9. The van der Waals surface area contributed by atoms with Crippen LogP contribution in [0.5, 0.6) is 11.5 Å². The second-order valence-corrected chi connectivity index (χ2v) is 10.4. The Morgan fingerprint density at radius 2 is 1.76 bits per heavy atom. The van der Waals surface area contributed by atoms with Crippen molar-refractivity contribution in [2.75, 3.05) is 6.61 Å². The summed E-state index contributed by atoms with van der Waals surface area (Å²) in [5, 5.41) is 11.7. The molecule has 0 saturated heterocycles. The van der Waals surface area contributed by atoms with Crippen molar-refractivity contribution in [3.63, 3.8) is 0 Å². The number of benzene rings is 1. The summed E-state index contributed by atoms with van der Waals surface area (Å²) in [5.41, 5.74) is -0.154. The summed E-state index contributed by atoms with van der Waals surface area (Å²) in [4.78, 5) is 24.8. The second kappa shape index (κ2) is 12.1. The zero-order chi connectivity index (χ0) is 27.3. The Kier molecular flexibility index (Phi) is 9.41. The van der Waals surface area contributed by atoms with Gasteiger partial charge in [0.15, 0.2) is 23.9 Å². The average Bonchev–Trinajstić information content (AvgIpc) is 3.57. The highest BCUT2D eigenvalue weighted by atomic mass is 35.5. The Bertz CT molecular complexity index is 1110. The maximum Gasteiger partial charge on any atom is 0.387 e. The number of rotatable bonds is 11. The molecule has 3 rings (SSSR count). The van der Waals surface area contributed by atoms with Gasteiger partial charge in [0.1, 0.15) is 28.2 Å². The smallest absolute Gasteiger partial charge is 0.387 e. The van der Waals surface area contributed by atoms with Gasteiger partial charge in [0.25, 0.3) is 0 Å². The predicted octanol–water partition coefficient (Wildman–Crippen LogP) is 5.58. The van der Waals surface area contributed by atoms with Gasteiger partial charge in [-0.25, -0.2) is 0 Å². The first-order valence-corrected chi connectivity index (χ1v) is 12.3. The molecule has 1 aromatic heterocycles. The van der Waals surface area contributed by atoms with Crippen molar-refractivity contribution in [3.05, 3.63) is 57.0 Å². The van der Waals surface area contributed by atoms with Crippen molar-refractivity contribution < 1.29 is 42.0 Å². The molecule has 1 heterocycles. The van der Waals surface area contributed by atoms with E-state index in [4.69, 9.17) is 37.4 Å². The molecule has 0 aliphatic heterocycles. The SMILES string of the molecule is CC(C)(C)OC(=O)CC(=O)O[C@@H](Cc1c(Cl)c[n+]([O-])cc1Cl)c1ccc(OC(F)F)c(OCC2CC2)c1. The molecule has 0 radical (unpaired) electrons. The second-order valence-electron chi connectivity index (χ2n) is 9.58. The summed E-state index contributed by atoms with van der Waals surface area (Å²) in [6.07, 6.45) is 2.30. The molecule has 12 heteroatoms. The van der Waals surface area contributed by atoms with Crippen LogP contribution < -0.4 is 14.2 Å². The number of hydrogen-bond donors (Lipinski definition) is 0. The molecule has 1 aliphatic rings. The summed E-state index contributed by atoms with van der Waals surface area (Å²) in [6.45, 7) is 2.22. The van der Waals surface area contributed by atoms with Crippen LogP contribution in [0.4, 0.5) is 8.78 Å². The number of aromatic nitrogens is 1.